The van der Waals surface area contributed by atoms with Gasteiger partial charge < -0.3 is 0 Å². The van der Waals surface area contributed by atoms with Gasteiger partial charge in [-0.15, -0.1) is 0 Å². The van der Waals surface area contributed by atoms with Gasteiger partial charge in [-0.1, -0.05) is 33.4 Å². The van der Waals surface area contributed by atoms with Crippen LogP contribution in [0.1, 0.15) is 44.7 Å². The lowest BCUT2D eigenvalue weighted by Gasteiger charge is -2.12. The van der Waals surface area contributed by atoms with Crippen LogP contribution in [0, 0.1) is 11.7 Å². The molecule has 1 rings (SSSR count). The molecule has 0 nitrogen and oxygen atoms in total. The van der Waals surface area contributed by atoms with Crippen LogP contribution in [0.5, 0.6) is 0 Å². The van der Waals surface area contributed by atoms with Crippen molar-refractivity contribution in [3.8, 4) is 0 Å². The Hall–Kier alpha value is -1.11. The average molecular weight is 220 g/mol. The summed E-state index contributed by atoms with van der Waals surface area (Å²) in [7, 11) is 0. The molecule has 0 aliphatic carbocycles. The predicted octanol–water partition coefficient (Wildman–Crippen LogP) is 4.84. The molecule has 0 saturated heterocycles. The van der Waals surface area contributed by atoms with E-state index in [1.807, 2.05) is 13.0 Å². The van der Waals surface area contributed by atoms with Gasteiger partial charge in [-0.25, -0.2) is 4.39 Å². The monoisotopic (exact) mass is 220 g/mol. The van der Waals surface area contributed by atoms with Gasteiger partial charge in [-0.3, -0.25) is 0 Å². The van der Waals surface area contributed by atoms with Crippen molar-refractivity contribution >= 4 is 5.57 Å². The van der Waals surface area contributed by atoms with Gasteiger partial charge in [0.1, 0.15) is 5.82 Å². The number of hydrogen-bond donors (Lipinski definition) is 0. The molecule has 1 aromatic carbocycles. The first kappa shape index (κ1) is 13.0. The Morgan fingerprint density at radius 3 is 2.62 bits per heavy atom. The topological polar surface area (TPSA) is 0 Å². The Morgan fingerprint density at radius 2 is 2.06 bits per heavy atom. The first-order valence-electron chi connectivity index (χ1n) is 6.01. The smallest absolute Gasteiger partial charge is 0.123 e. The molecule has 16 heavy (non-hydrogen) atoms. The van der Waals surface area contributed by atoms with Crippen LogP contribution >= 0.6 is 0 Å². The molecule has 0 saturated carbocycles. The summed E-state index contributed by atoms with van der Waals surface area (Å²) >= 11 is 0. The van der Waals surface area contributed by atoms with E-state index in [2.05, 4.69) is 20.4 Å². The Bertz CT molecular complexity index is 364. The second-order valence-corrected chi connectivity index (χ2v) is 4.69. The van der Waals surface area contributed by atoms with E-state index in [0.717, 1.165) is 36.0 Å². The first-order chi connectivity index (χ1) is 7.54. The number of benzene rings is 1. The van der Waals surface area contributed by atoms with Gasteiger partial charge >= 0.3 is 0 Å². The molecule has 0 heterocycles. The predicted molar refractivity (Wildman–Crippen MR) is 68.9 cm³/mol. The average Bonchev–Trinajstić information content (AvgIpc) is 2.25. The molecule has 0 aromatic heterocycles. The third-order valence-corrected chi connectivity index (χ3v) is 2.85. The lowest BCUT2D eigenvalue weighted by molar-refractivity contribution is 0.598. The molecule has 0 aliphatic heterocycles. The van der Waals surface area contributed by atoms with Crippen LogP contribution in [0.3, 0.4) is 0 Å². The van der Waals surface area contributed by atoms with E-state index in [-0.39, 0.29) is 5.82 Å². The van der Waals surface area contributed by atoms with Gasteiger partial charge in [0.05, 0.1) is 0 Å². The minimum Gasteiger partial charge on any atom is -0.207 e. The summed E-state index contributed by atoms with van der Waals surface area (Å²) in [6.07, 6.45) is 2.99. The van der Waals surface area contributed by atoms with Crippen LogP contribution in [-0.4, -0.2) is 0 Å². The number of rotatable bonds is 5. The van der Waals surface area contributed by atoms with Crippen LogP contribution in [0.2, 0.25) is 0 Å². The highest BCUT2D eigenvalue weighted by molar-refractivity contribution is 5.66. The summed E-state index contributed by atoms with van der Waals surface area (Å²) in [5.74, 6) is 0.527. The second-order valence-electron chi connectivity index (χ2n) is 4.69. The van der Waals surface area contributed by atoms with Gasteiger partial charge in [-0.2, -0.15) is 0 Å². The normalized spacial score (nSPS) is 10.8. The van der Waals surface area contributed by atoms with Crippen molar-refractivity contribution in [1.82, 2.24) is 0 Å². The first-order valence-corrected chi connectivity index (χ1v) is 6.01. The van der Waals surface area contributed by atoms with Crippen molar-refractivity contribution < 1.29 is 4.39 Å². The molecule has 1 aromatic rings. The van der Waals surface area contributed by atoms with Crippen molar-refractivity contribution in [2.24, 2.45) is 5.92 Å². The lowest BCUT2D eigenvalue weighted by atomic mass is 9.94. The highest BCUT2D eigenvalue weighted by Crippen LogP contribution is 2.24. The molecule has 0 aliphatic rings. The molecule has 0 spiro atoms. The molecule has 0 atom stereocenters. The summed E-state index contributed by atoms with van der Waals surface area (Å²) in [5, 5.41) is 0. The zero-order valence-electron chi connectivity index (χ0n) is 10.5. The van der Waals surface area contributed by atoms with E-state index < -0.39 is 0 Å². The zero-order chi connectivity index (χ0) is 12.1. The van der Waals surface area contributed by atoms with Crippen molar-refractivity contribution in [3.05, 3.63) is 41.7 Å². The van der Waals surface area contributed by atoms with Crippen molar-refractivity contribution in [2.75, 3.05) is 0 Å². The number of halogens is 1. The second kappa shape index (κ2) is 5.83. The van der Waals surface area contributed by atoms with Gasteiger partial charge in [0, 0.05) is 0 Å². The maximum atomic E-state index is 13.1. The third kappa shape index (κ3) is 3.48. The van der Waals surface area contributed by atoms with Crippen LogP contribution in [-0.2, 0) is 6.42 Å². The molecule has 0 radical (unpaired) electrons. The van der Waals surface area contributed by atoms with Crippen molar-refractivity contribution in [2.45, 2.75) is 40.0 Å². The molecular formula is C15H21F. The Kier molecular flexibility index (Phi) is 4.72. The molecule has 0 bridgehead atoms. The fourth-order valence-corrected chi connectivity index (χ4v) is 1.80. The highest BCUT2D eigenvalue weighted by Gasteiger charge is 2.06. The number of aryl methyl sites for hydroxylation is 1. The van der Waals surface area contributed by atoms with Gasteiger partial charge in [0.25, 0.3) is 0 Å². The zero-order valence-corrected chi connectivity index (χ0v) is 10.5. The van der Waals surface area contributed by atoms with Gasteiger partial charge in [-0.05, 0) is 54.0 Å². The highest BCUT2D eigenvalue weighted by atomic mass is 19.1. The maximum absolute atomic E-state index is 13.1. The summed E-state index contributed by atoms with van der Waals surface area (Å²) in [6, 6.07) is 5.00. The Morgan fingerprint density at radius 1 is 1.38 bits per heavy atom. The van der Waals surface area contributed by atoms with Crippen molar-refractivity contribution in [1.29, 1.82) is 0 Å². The van der Waals surface area contributed by atoms with Crippen LogP contribution in [0.15, 0.2) is 24.8 Å². The van der Waals surface area contributed by atoms with E-state index in [0.29, 0.717) is 5.92 Å². The summed E-state index contributed by atoms with van der Waals surface area (Å²) in [6.45, 7) is 10.6. The summed E-state index contributed by atoms with van der Waals surface area (Å²) in [4.78, 5) is 0. The van der Waals surface area contributed by atoms with E-state index in [1.165, 1.54) is 6.07 Å². The fraction of sp³-hybridized carbons (Fsp3) is 0.467. The molecule has 0 N–H and O–H groups in total. The summed E-state index contributed by atoms with van der Waals surface area (Å²) < 4.78 is 13.1. The molecular weight excluding hydrogens is 199 g/mol. The Labute approximate surface area is 98.2 Å². The van der Waals surface area contributed by atoms with Gasteiger partial charge in [0.2, 0.25) is 0 Å². The fourth-order valence-electron chi connectivity index (χ4n) is 1.80. The summed E-state index contributed by atoms with van der Waals surface area (Å²) in [5.41, 5.74) is 3.32. The molecule has 88 valence electrons. The quantitative estimate of drug-likeness (QED) is 0.666. The minimum atomic E-state index is -0.155. The van der Waals surface area contributed by atoms with Crippen LogP contribution < -0.4 is 0 Å². The Balaban J connectivity index is 2.82. The molecule has 0 unspecified atom stereocenters. The number of allylic oxidation sites excluding steroid dienone is 1. The van der Waals surface area contributed by atoms with Gasteiger partial charge in [0.15, 0.2) is 0 Å². The lowest BCUT2D eigenvalue weighted by Crippen LogP contribution is -1.95. The maximum Gasteiger partial charge on any atom is 0.123 e. The van der Waals surface area contributed by atoms with Crippen LogP contribution in [0.25, 0.3) is 5.57 Å². The third-order valence-electron chi connectivity index (χ3n) is 2.85. The van der Waals surface area contributed by atoms with E-state index in [9.17, 15) is 4.39 Å². The molecule has 0 amide bonds. The van der Waals surface area contributed by atoms with E-state index in [4.69, 9.17) is 0 Å². The SMILES string of the molecule is C=C(CCC(C)C)c1ccc(F)cc1CC. The number of hydrogen-bond acceptors (Lipinski definition) is 0. The largest absolute Gasteiger partial charge is 0.207 e. The molecule has 0 fully saturated rings. The van der Waals surface area contributed by atoms with Crippen LogP contribution in [0.4, 0.5) is 4.39 Å². The molecule has 1 heteroatoms. The van der Waals surface area contributed by atoms with Crippen molar-refractivity contribution in [3.63, 3.8) is 0 Å². The van der Waals surface area contributed by atoms with E-state index in [1.54, 1.807) is 6.07 Å². The standard InChI is InChI=1S/C15H21F/c1-5-13-10-14(16)8-9-15(13)12(4)7-6-11(2)3/h8-11H,4-7H2,1-3H3. The van der Waals surface area contributed by atoms with E-state index >= 15 is 0 Å². The minimum absolute atomic E-state index is 0.155.